The van der Waals surface area contributed by atoms with Crippen molar-refractivity contribution in [1.29, 1.82) is 0 Å². The molecule has 2 heteroatoms. The maximum absolute atomic E-state index is 6.13. The summed E-state index contributed by atoms with van der Waals surface area (Å²) in [6.07, 6.45) is 5.67. The minimum Gasteiger partial charge on any atom is -0.326 e. The first-order chi connectivity index (χ1) is 6.09. The number of rotatable bonds is 1. The second-order valence-electron chi connectivity index (χ2n) is 5.46. The van der Waals surface area contributed by atoms with Crippen molar-refractivity contribution < 1.29 is 0 Å². The number of hydrogen-bond donors (Lipinski definition) is 1. The van der Waals surface area contributed by atoms with E-state index in [1.807, 2.05) is 0 Å². The largest absolute Gasteiger partial charge is 0.326 e. The van der Waals surface area contributed by atoms with Gasteiger partial charge in [0.25, 0.3) is 0 Å². The van der Waals surface area contributed by atoms with Crippen molar-refractivity contribution in [3.8, 4) is 0 Å². The van der Waals surface area contributed by atoms with Gasteiger partial charge in [-0.2, -0.15) is 0 Å². The highest BCUT2D eigenvalue weighted by molar-refractivity contribution is 4.96. The SMILES string of the molecule is CC1(C)CN(C2CCCC2)CC1N. The fourth-order valence-corrected chi connectivity index (χ4v) is 2.75. The van der Waals surface area contributed by atoms with Crippen molar-refractivity contribution in [3.63, 3.8) is 0 Å². The Kier molecular flexibility index (Phi) is 2.37. The summed E-state index contributed by atoms with van der Waals surface area (Å²) in [5.41, 5.74) is 6.46. The lowest BCUT2D eigenvalue weighted by Gasteiger charge is -2.25. The monoisotopic (exact) mass is 182 g/mol. The van der Waals surface area contributed by atoms with Crippen LogP contribution < -0.4 is 5.73 Å². The zero-order valence-electron chi connectivity index (χ0n) is 8.92. The molecule has 2 N–H and O–H groups in total. The van der Waals surface area contributed by atoms with Crippen molar-refractivity contribution in [2.45, 2.75) is 51.6 Å². The van der Waals surface area contributed by atoms with Gasteiger partial charge in [0.1, 0.15) is 0 Å². The number of nitrogens with zero attached hydrogens (tertiary/aromatic N) is 1. The Labute approximate surface area is 81.5 Å². The van der Waals surface area contributed by atoms with Crippen LogP contribution in [0, 0.1) is 5.41 Å². The summed E-state index contributed by atoms with van der Waals surface area (Å²) >= 11 is 0. The molecule has 2 fully saturated rings. The van der Waals surface area contributed by atoms with Crippen LogP contribution in [0.1, 0.15) is 39.5 Å². The summed E-state index contributed by atoms with van der Waals surface area (Å²) < 4.78 is 0. The van der Waals surface area contributed by atoms with Crippen LogP contribution in [0.15, 0.2) is 0 Å². The van der Waals surface area contributed by atoms with Gasteiger partial charge < -0.3 is 5.73 Å². The average molecular weight is 182 g/mol. The molecule has 1 atom stereocenters. The standard InChI is InChI=1S/C11H22N2/c1-11(2)8-13(7-10(11)12)9-5-3-4-6-9/h9-10H,3-8,12H2,1-2H3. The Hall–Kier alpha value is -0.0800. The summed E-state index contributed by atoms with van der Waals surface area (Å²) in [7, 11) is 0. The lowest BCUT2D eigenvalue weighted by molar-refractivity contribution is 0.220. The molecule has 13 heavy (non-hydrogen) atoms. The van der Waals surface area contributed by atoms with E-state index in [4.69, 9.17) is 5.73 Å². The molecule has 0 radical (unpaired) electrons. The van der Waals surface area contributed by atoms with Crippen LogP contribution in [-0.2, 0) is 0 Å². The van der Waals surface area contributed by atoms with Crippen LogP contribution in [-0.4, -0.2) is 30.1 Å². The third-order valence-corrected chi connectivity index (χ3v) is 3.89. The molecule has 1 saturated heterocycles. The molecule has 1 heterocycles. The van der Waals surface area contributed by atoms with Crippen molar-refractivity contribution in [1.82, 2.24) is 4.90 Å². The topological polar surface area (TPSA) is 29.3 Å². The smallest absolute Gasteiger partial charge is 0.0232 e. The Balaban J connectivity index is 1.96. The van der Waals surface area contributed by atoms with Crippen LogP contribution in [0.5, 0.6) is 0 Å². The van der Waals surface area contributed by atoms with Gasteiger partial charge in [0.15, 0.2) is 0 Å². The first-order valence-electron chi connectivity index (χ1n) is 5.59. The van der Waals surface area contributed by atoms with Crippen LogP contribution in [0.2, 0.25) is 0 Å². The molecule has 0 amide bonds. The lowest BCUT2D eigenvalue weighted by atomic mass is 9.89. The molecule has 2 aliphatic rings. The zero-order valence-corrected chi connectivity index (χ0v) is 8.92. The summed E-state index contributed by atoms with van der Waals surface area (Å²) in [5.74, 6) is 0. The molecular weight excluding hydrogens is 160 g/mol. The van der Waals surface area contributed by atoms with Gasteiger partial charge in [-0.15, -0.1) is 0 Å². The third kappa shape index (κ3) is 1.75. The molecule has 1 aliphatic carbocycles. The first-order valence-corrected chi connectivity index (χ1v) is 5.59. The molecule has 0 aromatic heterocycles. The highest BCUT2D eigenvalue weighted by atomic mass is 15.2. The Morgan fingerprint density at radius 2 is 1.85 bits per heavy atom. The maximum atomic E-state index is 6.13. The van der Waals surface area contributed by atoms with Crippen molar-refractivity contribution >= 4 is 0 Å². The molecule has 1 unspecified atom stereocenters. The number of nitrogens with two attached hydrogens (primary N) is 1. The van der Waals surface area contributed by atoms with Crippen molar-refractivity contribution in [3.05, 3.63) is 0 Å². The molecule has 2 nitrogen and oxygen atoms in total. The van der Waals surface area contributed by atoms with Crippen molar-refractivity contribution in [2.75, 3.05) is 13.1 Å². The molecule has 2 rings (SSSR count). The van der Waals surface area contributed by atoms with E-state index in [0.29, 0.717) is 11.5 Å². The van der Waals surface area contributed by atoms with E-state index >= 15 is 0 Å². The second kappa shape index (κ2) is 3.25. The van der Waals surface area contributed by atoms with E-state index in [2.05, 4.69) is 18.7 Å². The summed E-state index contributed by atoms with van der Waals surface area (Å²) in [4.78, 5) is 2.62. The van der Waals surface area contributed by atoms with Crippen LogP contribution in [0.25, 0.3) is 0 Å². The predicted octanol–water partition coefficient (Wildman–Crippen LogP) is 1.60. The van der Waals surface area contributed by atoms with Gasteiger partial charge >= 0.3 is 0 Å². The van der Waals surface area contributed by atoms with Gasteiger partial charge in [-0.05, 0) is 18.3 Å². The molecule has 0 aromatic carbocycles. The van der Waals surface area contributed by atoms with Gasteiger partial charge in [-0.1, -0.05) is 26.7 Å². The van der Waals surface area contributed by atoms with Gasteiger partial charge in [0.05, 0.1) is 0 Å². The highest BCUT2D eigenvalue weighted by Gasteiger charge is 2.39. The number of likely N-dealkylation sites (tertiary alicyclic amines) is 1. The average Bonchev–Trinajstić information content (AvgIpc) is 2.60. The molecule has 1 saturated carbocycles. The predicted molar refractivity (Wildman–Crippen MR) is 55.6 cm³/mol. The van der Waals surface area contributed by atoms with Crippen LogP contribution in [0.4, 0.5) is 0 Å². The lowest BCUT2D eigenvalue weighted by Crippen LogP contribution is -2.35. The molecule has 0 aromatic rings. The van der Waals surface area contributed by atoms with E-state index in [1.54, 1.807) is 0 Å². The fraction of sp³-hybridized carbons (Fsp3) is 1.00. The van der Waals surface area contributed by atoms with Crippen molar-refractivity contribution in [2.24, 2.45) is 11.1 Å². The first kappa shape index (κ1) is 9.47. The second-order valence-corrected chi connectivity index (χ2v) is 5.46. The molecule has 76 valence electrons. The van der Waals surface area contributed by atoms with E-state index in [9.17, 15) is 0 Å². The van der Waals surface area contributed by atoms with E-state index in [0.717, 1.165) is 12.6 Å². The van der Waals surface area contributed by atoms with Gasteiger partial charge in [0, 0.05) is 25.2 Å². The summed E-state index contributed by atoms with van der Waals surface area (Å²) in [6.45, 7) is 6.93. The maximum Gasteiger partial charge on any atom is 0.0232 e. The Bertz CT molecular complexity index is 183. The minimum atomic E-state index is 0.336. The van der Waals surface area contributed by atoms with Crippen LogP contribution in [0.3, 0.4) is 0 Å². The Morgan fingerprint density at radius 1 is 1.23 bits per heavy atom. The molecule has 0 spiro atoms. The third-order valence-electron chi connectivity index (χ3n) is 3.89. The summed E-state index contributed by atoms with van der Waals surface area (Å²) in [5, 5.41) is 0. The van der Waals surface area contributed by atoms with Gasteiger partial charge in [-0.3, -0.25) is 4.90 Å². The van der Waals surface area contributed by atoms with Crippen LogP contribution >= 0.6 is 0 Å². The normalized spacial score (nSPS) is 35.8. The number of hydrogen-bond acceptors (Lipinski definition) is 2. The molecule has 1 aliphatic heterocycles. The summed E-state index contributed by atoms with van der Waals surface area (Å²) in [6, 6.07) is 1.24. The van der Waals surface area contributed by atoms with E-state index in [-0.39, 0.29) is 0 Å². The quantitative estimate of drug-likeness (QED) is 0.667. The molecular formula is C11H22N2. The zero-order chi connectivity index (χ0) is 9.47. The van der Waals surface area contributed by atoms with Gasteiger partial charge in [-0.25, -0.2) is 0 Å². The highest BCUT2D eigenvalue weighted by Crippen LogP contribution is 2.33. The molecule has 0 bridgehead atoms. The fourth-order valence-electron chi connectivity index (χ4n) is 2.75. The minimum absolute atomic E-state index is 0.336. The van der Waals surface area contributed by atoms with E-state index in [1.165, 1.54) is 32.2 Å². The van der Waals surface area contributed by atoms with E-state index < -0.39 is 0 Å². The Morgan fingerprint density at radius 3 is 2.31 bits per heavy atom. The van der Waals surface area contributed by atoms with Gasteiger partial charge in [0.2, 0.25) is 0 Å².